The average Bonchev–Trinajstić information content (AvgIpc) is 2.54. The Bertz CT molecular complexity index is 306. The fraction of sp³-hybridized carbons (Fsp3) is 0.500. The van der Waals surface area contributed by atoms with Crippen molar-refractivity contribution in [3.05, 3.63) is 29.8 Å². The standard InChI is InChI=1S/C10H13FN2/c11-9-3-6-13-7-8(9)10(12)4-1-2-5-10/h3,6-7H,1-2,4-5,12H2. The molecule has 13 heavy (non-hydrogen) atoms. The molecule has 0 aliphatic heterocycles. The van der Waals surface area contributed by atoms with Gasteiger partial charge in [0.25, 0.3) is 0 Å². The van der Waals surface area contributed by atoms with Crippen molar-refractivity contribution >= 4 is 0 Å². The van der Waals surface area contributed by atoms with E-state index in [1.165, 1.54) is 12.3 Å². The van der Waals surface area contributed by atoms with Crippen LogP contribution in [0.15, 0.2) is 18.5 Å². The van der Waals surface area contributed by atoms with Crippen molar-refractivity contribution in [1.29, 1.82) is 0 Å². The van der Waals surface area contributed by atoms with Crippen LogP contribution in [0.3, 0.4) is 0 Å². The first-order valence-electron chi connectivity index (χ1n) is 4.61. The Kier molecular flexibility index (Phi) is 2.04. The quantitative estimate of drug-likeness (QED) is 0.717. The molecule has 2 N–H and O–H groups in total. The van der Waals surface area contributed by atoms with Gasteiger partial charge in [0.05, 0.1) is 0 Å². The van der Waals surface area contributed by atoms with E-state index in [4.69, 9.17) is 5.73 Å². The van der Waals surface area contributed by atoms with Crippen LogP contribution in [-0.2, 0) is 5.54 Å². The second-order valence-electron chi connectivity index (χ2n) is 3.72. The highest BCUT2D eigenvalue weighted by Gasteiger charge is 2.33. The first kappa shape index (κ1) is 8.63. The van der Waals surface area contributed by atoms with Gasteiger partial charge >= 0.3 is 0 Å². The van der Waals surface area contributed by atoms with Gasteiger partial charge in [0.15, 0.2) is 0 Å². The van der Waals surface area contributed by atoms with E-state index in [-0.39, 0.29) is 5.82 Å². The van der Waals surface area contributed by atoms with Gasteiger partial charge in [-0.2, -0.15) is 0 Å². The van der Waals surface area contributed by atoms with E-state index in [0.29, 0.717) is 5.56 Å². The molecule has 0 bridgehead atoms. The van der Waals surface area contributed by atoms with E-state index in [1.807, 2.05) is 0 Å². The number of hydrogen-bond acceptors (Lipinski definition) is 2. The summed E-state index contributed by atoms with van der Waals surface area (Å²) in [5.41, 5.74) is 6.22. The summed E-state index contributed by atoms with van der Waals surface area (Å²) in [7, 11) is 0. The molecule has 0 spiro atoms. The fourth-order valence-electron chi connectivity index (χ4n) is 2.02. The number of nitrogens with zero attached hydrogens (tertiary/aromatic N) is 1. The number of halogens is 1. The Labute approximate surface area is 77.0 Å². The van der Waals surface area contributed by atoms with Crippen LogP contribution in [0.4, 0.5) is 4.39 Å². The summed E-state index contributed by atoms with van der Waals surface area (Å²) in [6.45, 7) is 0. The maximum atomic E-state index is 13.4. The van der Waals surface area contributed by atoms with Crippen molar-refractivity contribution in [2.24, 2.45) is 5.73 Å². The molecule has 1 aliphatic carbocycles. The molecule has 0 aromatic carbocycles. The highest BCUT2D eigenvalue weighted by atomic mass is 19.1. The van der Waals surface area contributed by atoms with Crippen molar-refractivity contribution in [1.82, 2.24) is 4.98 Å². The molecule has 3 heteroatoms. The van der Waals surface area contributed by atoms with Crippen molar-refractivity contribution in [2.45, 2.75) is 31.2 Å². The van der Waals surface area contributed by atoms with Crippen LogP contribution in [0.1, 0.15) is 31.2 Å². The Morgan fingerprint density at radius 2 is 2.08 bits per heavy atom. The summed E-state index contributed by atoms with van der Waals surface area (Å²) in [6, 6.07) is 1.38. The molecule has 0 amide bonds. The molecule has 1 saturated carbocycles. The summed E-state index contributed by atoms with van der Waals surface area (Å²) in [5.74, 6) is -0.223. The zero-order valence-electron chi connectivity index (χ0n) is 7.46. The third-order valence-electron chi connectivity index (χ3n) is 2.80. The Morgan fingerprint density at radius 3 is 2.69 bits per heavy atom. The predicted molar refractivity (Wildman–Crippen MR) is 48.5 cm³/mol. The monoisotopic (exact) mass is 180 g/mol. The number of nitrogens with two attached hydrogens (primary N) is 1. The lowest BCUT2D eigenvalue weighted by Crippen LogP contribution is -2.34. The van der Waals surface area contributed by atoms with Gasteiger partial charge in [-0.15, -0.1) is 0 Å². The third-order valence-corrected chi connectivity index (χ3v) is 2.80. The first-order valence-corrected chi connectivity index (χ1v) is 4.61. The van der Waals surface area contributed by atoms with Crippen LogP contribution < -0.4 is 5.73 Å². The van der Waals surface area contributed by atoms with E-state index >= 15 is 0 Å². The molecular weight excluding hydrogens is 167 g/mol. The molecule has 1 aliphatic rings. The Balaban J connectivity index is 2.39. The first-order chi connectivity index (χ1) is 6.22. The van der Waals surface area contributed by atoms with Crippen LogP contribution in [0.25, 0.3) is 0 Å². The highest BCUT2D eigenvalue weighted by molar-refractivity contribution is 5.23. The molecule has 1 aromatic heterocycles. The van der Waals surface area contributed by atoms with E-state index in [2.05, 4.69) is 4.98 Å². The lowest BCUT2D eigenvalue weighted by Gasteiger charge is -2.23. The van der Waals surface area contributed by atoms with Gasteiger partial charge in [0.1, 0.15) is 5.82 Å². The minimum Gasteiger partial charge on any atom is -0.321 e. The lowest BCUT2D eigenvalue weighted by atomic mass is 9.90. The van der Waals surface area contributed by atoms with Crippen LogP contribution in [0.5, 0.6) is 0 Å². The number of aromatic nitrogens is 1. The largest absolute Gasteiger partial charge is 0.321 e. The van der Waals surface area contributed by atoms with E-state index in [1.54, 1.807) is 6.20 Å². The molecule has 70 valence electrons. The molecule has 0 radical (unpaired) electrons. The molecule has 1 fully saturated rings. The Hall–Kier alpha value is -0.960. The number of hydrogen-bond donors (Lipinski definition) is 1. The van der Waals surface area contributed by atoms with Crippen molar-refractivity contribution in [3.8, 4) is 0 Å². The molecule has 0 atom stereocenters. The Morgan fingerprint density at radius 1 is 1.38 bits per heavy atom. The van der Waals surface area contributed by atoms with E-state index in [0.717, 1.165) is 25.7 Å². The summed E-state index contributed by atoms with van der Waals surface area (Å²) in [4.78, 5) is 3.92. The van der Waals surface area contributed by atoms with E-state index < -0.39 is 5.54 Å². The van der Waals surface area contributed by atoms with Crippen LogP contribution in [-0.4, -0.2) is 4.98 Å². The lowest BCUT2D eigenvalue weighted by molar-refractivity contribution is 0.431. The molecular formula is C10H13FN2. The van der Waals surface area contributed by atoms with Gasteiger partial charge in [0.2, 0.25) is 0 Å². The van der Waals surface area contributed by atoms with Crippen molar-refractivity contribution < 1.29 is 4.39 Å². The maximum Gasteiger partial charge on any atom is 0.131 e. The summed E-state index contributed by atoms with van der Waals surface area (Å²) < 4.78 is 13.4. The SMILES string of the molecule is NC1(c2cnccc2F)CCCC1. The van der Waals surface area contributed by atoms with Gasteiger partial charge in [-0.1, -0.05) is 12.8 Å². The zero-order valence-corrected chi connectivity index (χ0v) is 7.46. The minimum absolute atomic E-state index is 0.223. The maximum absolute atomic E-state index is 13.4. The molecule has 2 rings (SSSR count). The topological polar surface area (TPSA) is 38.9 Å². The fourth-order valence-corrected chi connectivity index (χ4v) is 2.02. The van der Waals surface area contributed by atoms with E-state index in [9.17, 15) is 4.39 Å². The van der Waals surface area contributed by atoms with Crippen LogP contribution >= 0.6 is 0 Å². The minimum atomic E-state index is -0.460. The van der Waals surface area contributed by atoms with Gasteiger partial charge in [0, 0.05) is 23.5 Å². The van der Waals surface area contributed by atoms with Gasteiger partial charge in [-0.05, 0) is 18.9 Å². The zero-order chi connectivity index (χ0) is 9.31. The van der Waals surface area contributed by atoms with Gasteiger partial charge in [-0.3, -0.25) is 4.98 Å². The highest BCUT2D eigenvalue weighted by Crippen LogP contribution is 2.36. The summed E-state index contributed by atoms with van der Waals surface area (Å²) in [6.07, 6.45) is 6.93. The normalized spacial score (nSPS) is 20.5. The second-order valence-corrected chi connectivity index (χ2v) is 3.72. The second kappa shape index (κ2) is 3.07. The number of pyridine rings is 1. The predicted octanol–water partition coefficient (Wildman–Crippen LogP) is 1.95. The van der Waals surface area contributed by atoms with Gasteiger partial charge in [-0.25, -0.2) is 4.39 Å². The van der Waals surface area contributed by atoms with Crippen molar-refractivity contribution in [2.75, 3.05) is 0 Å². The van der Waals surface area contributed by atoms with Crippen LogP contribution in [0.2, 0.25) is 0 Å². The van der Waals surface area contributed by atoms with Crippen LogP contribution in [0, 0.1) is 5.82 Å². The molecule has 0 unspecified atom stereocenters. The molecule has 0 saturated heterocycles. The average molecular weight is 180 g/mol. The molecule has 2 nitrogen and oxygen atoms in total. The smallest absolute Gasteiger partial charge is 0.131 e. The molecule has 1 aromatic rings. The number of rotatable bonds is 1. The summed E-state index contributed by atoms with van der Waals surface area (Å²) in [5, 5.41) is 0. The molecule has 1 heterocycles. The van der Waals surface area contributed by atoms with Gasteiger partial charge < -0.3 is 5.73 Å². The third kappa shape index (κ3) is 1.44. The van der Waals surface area contributed by atoms with Crippen molar-refractivity contribution in [3.63, 3.8) is 0 Å². The summed E-state index contributed by atoms with van der Waals surface area (Å²) >= 11 is 0.